The minimum Gasteiger partial charge on any atom is -0.211 e. The van der Waals surface area contributed by atoms with Crippen molar-refractivity contribution in [3.05, 3.63) is 29.8 Å². The number of benzene rings is 1. The summed E-state index contributed by atoms with van der Waals surface area (Å²) in [5.74, 6) is 0. The number of sulfonamides is 2. The summed E-state index contributed by atoms with van der Waals surface area (Å²) in [4.78, 5) is 0.0638. The van der Waals surface area contributed by atoms with Crippen molar-refractivity contribution < 1.29 is 16.8 Å². The number of rotatable bonds is 9. The lowest BCUT2D eigenvalue weighted by atomic mass is 10.0. The average Bonchev–Trinajstić information content (AvgIpc) is 2.81. The Hall–Kier alpha value is -0.703. The molecule has 1 aliphatic heterocycles. The van der Waals surface area contributed by atoms with Crippen molar-refractivity contribution in [3.63, 3.8) is 0 Å². The van der Waals surface area contributed by atoms with E-state index in [-0.39, 0.29) is 4.90 Å². The second kappa shape index (κ2) is 8.98. The smallest absolute Gasteiger partial charge is 0.211 e. The van der Waals surface area contributed by atoms with Crippen molar-refractivity contribution in [2.75, 3.05) is 0 Å². The fraction of sp³-hybridized carbons (Fsp3) is 0.700. The molecule has 0 saturated carbocycles. The molecule has 1 fully saturated rings. The van der Waals surface area contributed by atoms with Gasteiger partial charge in [0.2, 0.25) is 10.0 Å². The van der Waals surface area contributed by atoms with Crippen molar-refractivity contribution in [3.8, 4) is 0 Å². The maximum absolute atomic E-state index is 13.3. The van der Waals surface area contributed by atoms with Gasteiger partial charge in [-0.1, -0.05) is 73.7 Å². The van der Waals surface area contributed by atoms with Crippen LogP contribution in [0.2, 0.25) is 25.7 Å². The Bertz CT molecular complexity index is 858. The molecule has 1 saturated heterocycles. The summed E-state index contributed by atoms with van der Waals surface area (Å²) in [5, 5.41) is -0.587. The highest BCUT2D eigenvalue weighted by Gasteiger charge is 2.52. The number of aryl methyl sites for hydroxylation is 1. The van der Waals surface area contributed by atoms with Crippen LogP contribution in [0.15, 0.2) is 29.2 Å². The molecule has 0 amide bonds. The first-order valence-electron chi connectivity index (χ1n) is 10.2. The molecule has 2 atom stereocenters. The fourth-order valence-corrected chi connectivity index (χ4v) is 12.1. The lowest BCUT2D eigenvalue weighted by Crippen LogP contribution is -2.40. The van der Waals surface area contributed by atoms with Crippen LogP contribution < -0.4 is 0 Å². The van der Waals surface area contributed by atoms with E-state index in [1.807, 2.05) is 6.92 Å². The van der Waals surface area contributed by atoms with Gasteiger partial charge in [-0.05, 0) is 37.9 Å². The number of hydrogen-bond donors (Lipinski definition) is 0. The maximum Gasteiger partial charge on any atom is 0.256 e. The number of nitrogens with zero attached hydrogens (tertiary/aromatic N) is 1. The van der Waals surface area contributed by atoms with E-state index in [1.54, 1.807) is 12.1 Å². The second-order valence-electron chi connectivity index (χ2n) is 9.21. The summed E-state index contributed by atoms with van der Waals surface area (Å²) in [6.07, 6.45) is 5.06. The average molecular weight is 446 g/mol. The SMILES string of the molecule is CCCCCC[C@H]1CC(C[Si](C)(C)C)S(=O)(=O)N1S(=O)(=O)c1ccc(C)cc1. The molecule has 0 aromatic heterocycles. The van der Waals surface area contributed by atoms with Gasteiger partial charge < -0.3 is 0 Å². The van der Waals surface area contributed by atoms with Gasteiger partial charge in [0.25, 0.3) is 10.0 Å². The van der Waals surface area contributed by atoms with E-state index in [4.69, 9.17) is 0 Å². The highest BCUT2D eigenvalue weighted by atomic mass is 32.3. The summed E-state index contributed by atoms with van der Waals surface area (Å²) < 4.78 is 54.2. The van der Waals surface area contributed by atoms with Gasteiger partial charge in [-0.25, -0.2) is 16.8 Å². The first-order chi connectivity index (χ1) is 12.9. The molecule has 5 nitrogen and oxygen atoms in total. The van der Waals surface area contributed by atoms with E-state index in [9.17, 15) is 16.8 Å². The van der Waals surface area contributed by atoms with Crippen LogP contribution in [0, 0.1) is 6.92 Å². The van der Waals surface area contributed by atoms with Gasteiger partial charge in [0, 0.05) is 14.1 Å². The normalized spacial score (nSPS) is 23.2. The van der Waals surface area contributed by atoms with Gasteiger partial charge in [0.05, 0.1) is 10.1 Å². The van der Waals surface area contributed by atoms with Crippen LogP contribution in [0.25, 0.3) is 0 Å². The van der Waals surface area contributed by atoms with E-state index in [2.05, 4.69) is 26.6 Å². The van der Waals surface area contributed by atoms with Gasteiger partial charge in [-0.2, -0.15) is 0 Å². The summed E-state index contributed by atoms with van der Waals surface area (Å²) >= 11 is 0. The predicted octanol–water partition coefficient (Wildman–Crippen LogP) is 4.77. The van der Waals surface area contributed by atoms with Crippen molar-refractivity contribution in [1.29, 1.82) is 0 Å². The Morgan fingerprint density at radius 1 is 1.07 bits per heavy atom. The third-order valence-corrected chi connectivity index (χ3v) is 12.2. The van der Waals surface area contributed by atoms with Crippen LogP contribution in [-0.2, 0) is 20.0 Å². The minimum absolute atomic E-state index is 0.0638. The van der Waals surface area contributed by atoms with E-state index < -0.39 is 39.4 Å². The molecule has 0 aliphatic carbocycles. The van der Waals surface area contributed by atoms with Crippen molar-refractivity contribution in [2.24, 2.45) is 0 Å². The quantitative estimate of drug-likeness (QED) is 0.406. The third kappa shape index (κ3) is 5.46. The predicted molar refractivity (Wildman–Crippen MR) is 118 cm³/mol. The molecule has 1 unspecified atom stereocenters. The van der Waals surface area contributed by atoms with Gasteiger partial charge in [-0.3, -0.25) is 0 Å². The molecule has 28 heavy (non-hydrogen) atoms. The van der Waals surface area contributed by atoms with Crippen molar-refractivity contribution in [1.82, 2.24) is 3.71 Å². The standard InChI is InChI=1S/C20H35NO4S2Si/c1-6-7-8-9-10-18-15-20(16-28(3,4)5)27(24,25)21(18)26(22,23)19-13-11-17(2)12-14-19/h11-14,18,20H,6-10,15-16H2,1-5H3/t18-,20?/m0/s1. The molecule has 0 radical (unpaired) electrons. The largest absolute Gasteiger partial charge is 0.256 e. The first-order valence-corrected chi connectivity index (χ1v) is 16.9. The van der Waals surface area contributed by atoms with Crippen molar-refractivity contribution in [2.45, 2.75) is 94.2 Å². The lowest BCUT2D eigenvalue weighted by molar-refractivity contribution is 0.408. The number of unbranched alkanes of at least 4 members (excludes halogenated alkanes) is 3. The molecule has 1 aliphatic rings. The van der Waals surface area contributed by atoms with E-state index >= 15 is 0 Å². The zero-order valence-electron chi connectivity index (χ0n) is 17.8. The molecular formula is C20H35NO4S2Si. The van der Waals surface area contributed by atoms with Crippen LogP contribution in [0.3, 0.4) is 0 Å². The van der Waals surface area contributed by atoms with Crippen molar-refractivity contribution >= 4 is 28.1 Å². The third-order valence-electron chi connectivity index (χ3n) is 5.29. The molecule has 1 aromatic rings. The van der Waals surface area contributed by atoms with Gasteiger partial charge in [0.1, 0.15) is 0 Å². The monoisotopic (exact) mass is 445 g/mol. The molecule has 0 spiro atoms. The van der Waals surface area contributed by atoms with Gasteiger partial charge >= 0.3 is 0 Å². The molecule has 0 bridgehead atoms. The Balaban J connectivity index is 2.40. The van der Waals surface area contributed by atoms with Crippen LogP contribution in [-0.4, -0.2) is 39.9 Å². The maximum atomic E-state index is 13.3. The van der Waals surface area contributed by atoms with Gasteiger partial charge in [-0.15, -0.1) is 0 Å². The zero-order valence-corrected chi connectivity index (χ0v) is 20.4. The highest BCUT2D eigenvalue weighted by molar-refractivity contribution is 8.04. The Morgan fingerprint density at radius 3 is 2.21 bits per heavy atom. The summed E-state index contributed by atoms with van der Waals surface area (Å²) in [6, 6.07) is 6.59. The fourth-order valence-electron chi connectivity index (χ4n) is 3.91. The Labute approximate surface area is 172 Å². The molecule has 1 aromatic carbocycles. The Kier molecular flexibility index (Phi) is 7.56. The molecule has 8 heteroatoms. The van der Waals surface area contributed by atoms with Gasteiger partial charge in [0.15, 0.2) is 0 Å². The van der Waals surface area contributed by atoms with Crippen LogP contribution >= 0.6 is 0 Å². The van der Waals surface area contributed by atoms with Crippen LogP contribution in [0.5, 0.6) is 0 Å². The highest BCUT2D eigenvalue weighted by Crippen LogP contribution is 2.39. The molecule has 1 heterocycles. The van der Waals surface area contributed by atoms with E-state index in [0.717, 1.165) is 35.0 Å². The molecule has 160 valence electrons. The minimum atomic E-state index is -4.08. The van der Waals surface area contributed by atoms with E-state index in [1.165, 1.54) is 12.1 Å². The Morgan fingerprint density at radius 2 is 1.68 bits per heavy atom. The topological polar surface area (TPSA) is 71.5 Å². The second-order valence-corrected chi connectivity index (χ2v) is 18.9. The summed E-state index contributed by atoms with van der Waals surface area (Å²) in [6.45, 7) is 10.4. The summed E-state index contributed by atoms with van der Waals surface area (Å²) in [5.41, 5.74) is 0.941. The zero-order chi connectivity index (χ0) is 21.2. The summed E-state index contributed by atoms with van der Waals surface area (Å²) in [7, 11) is -9.63. The van der Waals surface area contributed by atoms with Crippen LogP contribution in [0.1, 0.15) is 51.0 Å². The lowest BCUT2D eigenvalue weighted by Gasteiger charge is -2.24. The first kappa shape index (κ1) is 23.6. The molecule has 0 N–H and O–H groups in total. The van der Waals surface area contributed by atoms with Crippen LogP contribution in [0.4, 0.5) is 0 Å². The molecular weight excluding hydrogens is 410 g/mol. The molecule has 2 rings (SSSR count). The van der Waals surface area contributed by atoms with E-state index in [0.29, 0.717) is 18.9 Å². The number of hydrogen-bond acceptors (Lipinski definition) is 4.